The summed E-state index contributed by atoms with van der Waals surface area (Å²) in [5.74, 6) is 0. The zero-order valence-corrected chi connectivity index (χ0v) is 9.68. The van der Waals surface area contributed by atoms with Crippen LogP contribution in [0, 0.1) is 0 Å². The van der Waals surface area contributed by atoms with E-state index in [1.807, 2.05) is 0 Å². The molecule has 0 saturated carbocycles. The van der Waals surface area contributed by atoms with Gasteiger partial charge in [-0.3, -0.25) is 0 Å². The van der Waals surface area contributed by atoms with Crippen molar-refractivity contribution in [3.8, 4) is 0 Å². The van der Waals surface area contributed by atoms with Crippen LogP contribution in [0.2, 0.25) is 0 Å². The second kappa shape index (κ2) is 5.31. The van der Waals surface area contributed by atoms with Crippen LogP contribution in [0.15, 0.2) is 0 Å². The van der Waals surface area contributed by atoms with Gasteiger partial charge < -0.3 is 24.5 Å². The molecule has 0 bridgehead atoms. The van der Waals surface area contributed by atoms with Crippen molar-refractivity contribution < 1.29 is 63.6 Å². The Morgan fingerprint density at radius 1 is 0.714 bits per heavy atom. The van der Waals surface area contributed by atoms with Crippen LogP contribution in [0.25, 0.3) is 0 Å². The standard InChI is InChI=1S/Co.H5O10P3/c;1-11(2,3)9-13(7,8)10-12(4,5)6/h;(H,7,8)(H2,1,2,3)(H2,4,5,6). The molecule has 0 atom stereocenters. The van der Waals surface area contributed by atoms with Gasteiger partial charge in [-0.25, -0.2) is 13.7 Å². The summed E-state index contributed by atoms with van der Waals surface area (Å²) in [6.45, 7) is 0. The van der Waals surface area contributed by atoms with Gasteiger partial charge in [0.15, 0.2) is 0 Å². The van der Waals surface area contributed by atoms with E-state index in [2.05, 4.69) is 8.62 Å². The Hall–Kier alpha value is 0.916. The molecule has 0 aromatic carbocycles. The first-order chi connectivity index (χ1) is 5.41. The van der Waals surface area contributed by atoms with E-state index in [1.54, 1.807) is 0 Å². The van der Waals surface area contributed by atoms with Gasteiger partial charge in [0, 0.05) is 16.8 Å². The third-order valence-corrected chi connectivity index (χ3v) is 3.77. The molecule has 5 N–H and O–H groups in total. The van der Waals surface area contributed by atoms with Crippen molar-refractivity contribution in [2.24, 2.45) is 0 Å². The predicted molar refractivity (Wildman–Crippen MR) is 36.1 cm³/mol. The minimum atomic E-state index is -5.46. The Morgan fingerprint density at radius 2 is 0.929 bits per heavy atom. The molecule has 1 radical (unpaired) electrons. The minimum absolute atomic E-state index is 0. The molecule has 0 spiro atoms. The van der Waals surface area contributed by atoms with E-state index >= 15 is 0 Å². The maximum Gasteiger partial charge on any atom is 0.490 e. The van der Waals surface area contributed by atoms with Gasteiger partial charge in [-0.15, -0.1) is 0 Å². The van der Waals surface area contributed by atoms with Crippen LogP contribution in [-0.2, 0) is 39.1 Å². The third-order valence-electron chi connectivity index (χ3n) is 0.419. The van der Waals surface area contributed by atoms with Crippen molar-refractivity contribution in [1.29, 1.82) is 0 Å². The summed E-state index contributed by atoms with van der Waals surface area (Å²) in [5.41, 5.74) is 0. The second-order valence-corrected chi connectivity index (χ2v) is 5.82. The van der Waals surface area contributed by atoms with Crippen molar-refractivity contribution >= 4 is 23.5 Å². The zero-order valence-electron chi connectivity index (χ0n) is 5.95. The molecule has 0 aliphatic carbocycles. The van der Waals surface area contributed by atoms with Crippen LogP contribution >= 0.6 is 23.5 Å². The average molecular weight is 317 g/mol. The molecule has 0 aliphatic rings. The molecule has 0 unspecified atom stereocenters. The largest absolute Gasteiger partial charge is 0.490 e. The van der Waals surface area contributed by atoms with Gasteiger partial charge >= 0.3 is 23.5 Å². The molecule has 10 nitrogen and oxygen atoms in total. The smallest absolute Gasteiger partial charge is 0.302 e. The molecular formula is H5CoO10P3. The quantitative estimate of drug-likeness (QED) is 0.418. The summed E-state index contributed by atoms with van der Waals surface area (Å²) in [5, 5.41) is 0. The number of phosphoric acid groups is 3. The monoisotopic (exact) mass is 317 g/mol. The van der Waals surface area contributed by atoms with Crippen LogP contribution < -0.4 is 0 Å². The van der Waals surface area contributed by atoms with E-state index in [0.717, 1.165) is 0 Å². The van der Waals surface area contributed by atoms with Gasteiger partial charge in [-0.05, 0) is 0 Å². The normalized spacial score (nSPS) is 13.5. The summed E-state index contributed by atoms with van der Waals surface area (Å²) in [6, 6.07) is 0. The third kappa shape index (κ3) is 11.0. The molecule has 14 heteroatoms. The zero-order chi connectivity index (χ0) is 10.9. The van der Waals surface area contributed by atoms with Crippen molar-refractivity contribution in [1.82, 2.24) is 0 Å². The van der Waals surface area contributed by atoms with E-state index in [0.29, 0.717) is 0 Å². The van der Waals surface area contributed by atoms with Crippen molar-refractivity contribution in [3.63, 3.8) is 0 Å². The fourth-order valence-corrected chi connectivity index (χ4v) is 2.82. The van der Waals surface area contributed by atoms with Gasteiger partial charge in [0.25, 0.3) is 0 Å². The van der Waals surface area contributed by atoms with Crippen molar-refractivity contribution in [3.05, 3.63) is 0 Å². The van der Waals surface area contributed by atoms with E-state index in [9.17, 15) is 13.7 Å². The summed E-state index contributed by atoms with van der Waals surface area (Å²) < 4.78 is 36.4. The molecule has 14 heavy (non-hydrogen) atoms. The molecule has 0 fully saturated rings. The van der Waals surface area contributed by atoms with Crippen LogP contribution in [0.4, 0.5) is 0 Å². The van der Waals surface area contributed by atoms with Gasteiger partial charge in [0.05, 0.1) is 0 Å². The fraction of sp³-hybridized carbons (Fsp3) is 0. The van der Waals surface area contributed by atoms with Crippen LogP contribution in [0.3, 0.4) is 0 Å². The Balaban J connectivity index is 0. The second-order valence-electron chi connectivity index (χ2n) is 1.61. The van der Waals surface area contributed by atoms with Gasteiger partial charge in [-0.1, -0.05) is 0 Å². The van der Waals surface area contributed by atoms with Gasteiger partial charge in [0.1, 0.15) is 0 Å². The molecule has 0 aliphatic heterocycles. The number of rotatable bonds is 4. The molecule has 0 rings (SSSR count). The topological polar surface area (TPSA) is 171 Å². The molecule has 0 amide bonds. The summed E-state index contributed by atoms with van der Waals surface area (Å²) >= 11 is 0. The molecular weight excluding hydrogens is 312 g/mol. The van der Waals surface area contributed by atoms with Crippen LogP contribution in [0.5, 0.6) is 0 Å². The predicted octanol–water partition coefficient (Wildman–Crippen LogP) is -0.697. The molecule has 0 aromatic rings. The van der Waals surface area contributed by atoms with Gasteiger partial charge in [-0.2, -0.15) is 8.62 Å². The first kappa shape index (κ1) is 17.3. The molecule has 0 saturated heterocycles. The fourth-order valence-electron chi connectivity index (χ4n) is 0.284. The average Bonchev–Trinajstić information content (AvgIpc) is 1.43. The molecule has 89 valence electrons. The number of hydrogen-bond acceptors (Lipinski definition) is 5. The van der Waals surface area contributed by atoms with Crippen LogP contribution in [0.1, 0.15) is 0 Å². The van der Waals surface area contributed by atoms with Crippen LogP contribution in [-0.4, -0.2) is 24.5 Å². The van der Waals surface area contributed by atoms with E-state index in [-0.39, 0.29) is 16.8 Å². The Bertz CT molecular complexity index is 277. The Kier molecular flexibility index (Phi) is 6.56. The Morgan fingerprint density at radius 3 is 1.07 bits per heavy atom. The molecule has 0 aromatic heterocycles. The Labute approximate surface area is 87.5 Å². The van der Waals surface area contributed by atoms with Gasteiger partial charge in [0.2, 0.25) is 0 Å². The van der Waals surface area contributed by atoms with Crippen molar-refractivity contribution in [2.75, 3.05) is 0 Å². The summed E-state index contributed by atoms with van der Waals surface area (Å²) in [7, 11) is -16.2. The first-order valence-electron chi connectivity index (χ1n) is 2.28. The van der Waals surface area contributed by atoms with E-state index in [1.165, 1.54) is 0 Å². The van der Waals surface area contributed by atoms with E-state index < -0.39 is 23.5 Å². The SMILES string of the molecule is O=P(O)(O)OP(=O)(O)OP(=O)(O)O.[Co]. The summed E-state index contributed by atoms with van der Waals surface area (Å²) in [6.07, 6.45) is 0. The maximum atomic E-state index is 10.4. The molecule has 0 heterocycles. The number of hydrogen-bond donors (Lipinski definition) is 5. The van der Waals surface area contributed by atoms with Crippen molar-refractivity contribution in [2.45, 2.75) is 0 Å². The maximum absolute atomic E-state index is 10.4. The van der Waals surface area contributed by atoms with E-state index in [4.69, 9.17) is 24.5 Å². The first-order valence-corrected chi connectivity index (χ1v) is 6.83. The minimum Gasteiger partial charge on any atom is -0.302 e. The summed E-state index contributed by atoms with van der Waals surface area (Å²) in [4.78, 5) is 40.2.